The molecule has 1 aliphatic rings. The van der Waals surface area contributed by atoms with Crippen LogP contribution in [0.15, 0.2) is 57.0 Å². The van der Waals surface area contributed by atoms with E-state index in [9.17, 15) is 18.3 Å². The molecule has 4 aromatic rings. The van der Waals surface area contributed by atoms with Gasteiger partial charge in [-0.15, -0.1) is 16.4 Å². The molecule has 4 heterocycles. The van der Waals surface area contributed by atoms with Gasteiger partial charge in [-0.3, -0.25) is 4.98 Å². The number of methoxy groups -OCH3 is 1. The minimum absolute atomic E-state index is 0.00169. The van der Waals surface area contributed by atoms with Crippen LogP contribution in [0.1, 0.15) is 18.7 Å². The third-order valence-corrected chi connectivity index (χ3v) is 8.41. The fourth-order valence-electron chi connectivity index (χ4n) is 4.43. The van der Waals surface area contributed by atoms with Gasteiger partial charge in [0.15, 0.2) is 17.5 Å². The molecule has 6 atom stereocenters. The van der Waals surface area contributed by atoms with Crippen LogP contribution >= 0.6 is 39.0 Å². The molecule has 5 rings (SSSR count). The van der Waals surface area contributed by atoms with Gasteiger partial charge in [0.1, 0.15) is 35.5 Å². The first kappa shape index (κ1) is 29.1. The molecule has 40 heavy (non-hydrogen) atoms. The van der Waals surface area contributed by atoms with E-state index in [1.54, 1.807) is 24.8 Å². The predicted octanol–water partition coefficient (Wildman–Crippen LogP) is 5.02. The highest BCUT2D eigenvalue weighted by molar-refractivity contribution is 9.10. The molecule has 3 aromatic heterocycles. The van der Waals surface area contributed by atoms with Gasteiger partial charge in [-0.25, -0.2) is 22.8 Å². The molecule has 15 heteroatoms. The largest absolute Gasteiger partial charge is 0.391 e. The lowest BCUT2D eigenvalue weighted by molar-refractivity contribution is -0.216. The Bertz CT molecular complexity index is 1420. The van der Waals surface area contributed by atoms with E-state index in [2.05, 4.69) is 36.2 Å². The Labute approximate surface area is 243 Å². The summed E-state index contributed by atoms with van der Waals surface area (Å²) in [4.78, 5) is 9.28. The minimum Gasteiger partial charge on any atom is -0.391 e. The van der Waals surface area contributed by atoms with E-state index in [0.717, 1.165) is 21.5 Å². The van der Waals surface area contributed by atoms with Crippen molar-refractivity contribution in [1.82, 2.24) is 25.0 Å². The molecule has 0 spiro atoms. The first-order chi connectivity index (χ1) is 19.2. The Balaban J connectivity index is 1.55. The zero-order valence-corrected chi connectivity index (χ0v) is 24.2. The van der Waals surface area contributed by atoms with Gasteiger partial charge in [0, 0.05) is 39.8 Å². The van der Waals surface area contributed by atoms with Crippen molar-refractivity contribution < 1.29 is 32.5 Å². The molecule has 0 amide bonds. The van der Waals surface area contributed by atoms with Gasteiger partial charge < -0.3 is 19.3 Å². The quantitative estimate of drug-likeness (QED) is 0.249. The third-order valence-electron chi connectivity index (χ3n) is 6.24. The Kier molecular flexibility index (Phi) is 9.19. The molecule has 1 N–H and O–H groups in total. The number of benzene rings is 1. The van der Waals surface area contributed by atoms with Crippen LogP contribution in [0.3, 0.4) is 0 Å². The van der Waals surface area contributed by atoms with Crippen molar-refractivity contribution in [2.45, 2.75) is 54.3 Å². The Morgan fingerprint density at radius 2 is 1.98 bits per heavy atom. The lowest BCUT2D eigenvalue weighted by atomic mass is 9.93. The van der Waals surface area contributed by atoms with E-state index in [1.165, 1.54) is 41.1 Å². The third kappa shape index (κ3) is 6.25. The number of hydrogen-bond donors (Lipinski definition) is 1. The van der Waals surface area contributed by atoms with E-state index in [1.807, 2.05) is 11.4 Å². The van der Waals surface area contributed by atoms with Crippen molar-refractivity contribution in [2.24, 2.45) is 0 Å². The molecule has 1 aliphatic heterocycles. The summed E-state index contributed by atoms with van der Waals surface area (Å²) in [6, 6.07) is 2.85. The normalized spacial score (nSPS) is 23.8. The summed E-state index contributed by atoms with van der Waals surface area (Å²) in [5, 5.41) is 20.8. The average Bonchev–Trinajstić information content (AvgIpc) is 3.62. The van der Waals surface area contributed by atoms with Crippen LogP contribution in [0.4, 0.5) is 13.2 Å². The standard InChI is InChI=1S/C25H23BrF3N5O4S2/c1-12(35)22-23(36-2)21(34-8-19(32-33-34)13-3-17(27)20(29)18(28)4-13)24(37-9-15-10-39-11-31-15)25(38-22)40-16-5-14(26)6-30-7-16/h3-8,10-12,21-25,35H,9H2,1-2H3/t12?,21?,22?,23-,24?,25-/m1/s1. The van der Waals surface area contributed by atoms with E-state index in [0.29, 0.717) is 5.69 Å². The lowest BCUT2D eigenvalue weighted by Gasteiger charge is -2.46. The molecule has 1 fully saturated rings. The van der Waals surface area contributed by atoms with Crippen LogP contribution in [0.5, 0.6) is 0 Å². The number of ether oxygens (including phenoxy) is 3. The van der Waals surface area contributed by atoms with Crippen molar-refractivity contribution >= 4 is 39.0 Å². The summed E-state index contributed by atoms with van der Waals surface area (Å²) >= 11 is 6.19. The van der Waals surface area contributed by atoms with Crippen LogP contribution < -0.4 is 0 Å². The topological polar surface area (TPSA) is 104 Å². The fourth-order valence-corrected chi connectivity index (χ4v) is 6.63. The zero-order valence-electron chi connectivity index (χ0n) is 21.0. The fraction of sp³-hybridized carbons (Fsp3) is 0.360. The number of pyridine rings is 1. The highest BCUT2D eigenvalue weighted by atomic mass is 79.9. The molecule has 4 unspecified atom stereocenters. The van der Waals surface area contributed by atoms with Gasteiger partial charge in [-0.1, -0.05) is 17.0 Å². The molecule has 0 bridgehead atoms. The van der Waals surface area contributed by atoms with Crippen LogP contribution in [0, 0.1) is 17.5 Å². The van der Waals surface area contributed by atoms with Gasteiger partial charge >= 0.3 is 0 Å². The summed E-state index contributed by atoms with van der Waals surface area (Å²) in [6.07, 6.45) is 1.54. The number of rotatable bonds is 9. The number of aliphatic hydroxyl groups is 1. The number of nitrogens with zero attached hydrogens (tertiary/aromatic N) is 5. The predicted molar refractivity (Wildman–Crippen MR) is 144 cm³/mol. The van der Waals surface area contributed by atoms with Crippen LogP contribution in [-0.4, -0.2) is 67.0 Å². The summed E-state index contributed by atoms with van der Waals surface area (Å²) in [6.45, 7) is 1.73. The van der Waals surface area contributed by atoms with Gasteiger partial charge in [-0.2, -0.15) is 0 Å². The summed E-state index contributed by atoms with van der Waals surface area (Å²) in [7, 11) is 1.47. The molecule has 1 aromatic carbocycles. The Hall–Kier alpha value is -2.40. The van der Waals surface area contributed by atoms with Crippen molar-refractivity contribution in [3.8, 4) is 11.3 Å². The second-order valence-corrected chi connectivity index (χ2v) is 11.8. The lowest BCUT2D eigenvalue weighted by Crippen LogP contribution is -2.58. The van der Waals surface area contributed by atoms with E-state index < -0.39 is 53.3 Å². The van der Waals surface area contributed by atoms with E-state index in [-0.39, 0.29) is 17.9 Å². The van der Waals surface area contributed by atoms with Crippen molar-refractivity contribution in [3.05, 3.63) is 75.3 Å². The zero-order chi connectivity index (χ0) is 28.4. The molecule has 1 saturated heterocycles. The number of thioether (sulfide) groups is 1. The Morgan fingerprint density at radius 3 is 2.62 bits per heavy atom. The first-order valence-electron chi connectivity index (χ1n) is 11.9. The number of hydrogen-bond acceptors (Lipinski definition) is 10. The molecular weight excluding hydrogens is 635 g/mol. The smallest absolute Gasteiger partial charge is 0.194 e. The van der Waals surface area contributed by atoms with E-state index >= 15 is 0 Å². The van der Waals surface area contributed by atoms with Gasteiger partial charge in [0.2, 0.25) is 0 Å². The highest BCUT2D eigenvalue weighted by Gasteiger charge is 2.50. The Morgan fingerprint density at radius 1 is 1.20 bits per heavy atom. The van der Waals surface area contributed by atoms with Gasteiger partial charge in [-0.05, 0) is 41.1 Å². The maximum atomic E-state index is 14.0. The van der Waals surface area contributed by atoms with Crippen molar-refractivity contribution in [2.75, 3.05) is 7.11 Å². The van der Waals surface area contributed by atoms with Crippen molar-refractivity contribution in [1.29, 1.82) is 0 Å². The molecular formula is C25H23BrF3N5O4S2. The molecule has 0 aliphatic carbocycles. The number of aliphatic hydroxyl groups excluding tert-OH is 1. The number of thiazole rings is 1. The van der Waals surface area contributed by atoms with Crippen LogP contribution in [-0.2, 0) is 20.8 Å². The number of halogens is 4. The first-order valence-corrected chi connectivity index (χ1v) is 14.6. The average molecular weight is 659 g/mol. The van der Waals surface area contributed by atoms with Crippen LogP contribution in [0.2, 0.25) is 0 Å². The molecule has 9 nitrogen and oxygen atoms in total. The van der Waals surface area contributed by atoms with Gasteiger partial charge in [0.25, 0.3) is 0 Å². The molecule has 212 valence electrons. The minimum atomic E-state index is -1.57. The molecule has 0 saturated carbocycles. The summed E-state index contributed by atoms with van der Waals surface area (Å²) in [5.41, 5.74) is 1.83. The maximum absolute atomic E-state index is 14.0. The SMILES string of the molecule is CO[C@H]1C(C(C)O)O[C@H](Sc2cncc(Br)c2)C(OCc2cscn2)C1n1cc(-c2cc(F)c(F)c(F)c2)nn1. The van der Waals surface area contributed by atoms with Crippen LogP contribution in [0.25, 0.3) is 11.3 Å². The number of aromatic nitrogens is 5. The van der Waals surface area contributed by atoms with E-state index in [4.69, 9.17) is 14.2 Å². The summed E-state index contributed by atoms with van der Waals surface area (Å²) in [5.74, 6) is -4.26. The maximum Gasteiger partial charge on any atom is 0.194 e. The van der Waals surface area contributed by atoms with Gasteiger partial charge in [0.05, 0.1) is 30.1 Å². The highest BCUT2D eigenvalue weighted by Crippen LogP contribution is 2.42. The summed E-state index contributed by atoms with van der Waals surface area (Å²) < 4.78 is 62.3. The second kappa shape index (κ2) is 12.6. The molecule has 0 radical (unpaired) electrons. The van der Waals surface area contributed by atoms with Crippen molar-refractivity contribution in [3.63, 3.8) is 0 Å². The second-order valence-electron chi connectivity index (χ2n) is 8.95. The monoisotopic (exact) mass is 657 g/mol.